The lowest BCUT2D eigenvalue weighted by Crippen LogP contribution is -2.23. The first-order valence-corrected chi connectivity index (χ1v) is 8.58. The standard InChI is InChI=1S/C16H15N3O5S/c1-2-10-17-25(23,24)15-8-6-12(7-9-15)16(20)18-13-4-3-5-14(11-13)19(21)22/h2-9,11,17H,1,10H2,(H,18,20). The van der Waals surface area contributed by atoms with Gasteiger partial charge in [-0.15, -0.1) is 6.58 Å². The molecule has 130 valence electrons. The van der Waals surface area contributed by atoms with Crippen molar-refractivity contribution in [1.82, 2.24) is 4.72 Å². The van der Waals surface area contributed by atoms with Crippen LogP contribution in [0.4, 0.5) is 11.4 Å². The van der Waals surface area contributed by atoms with E-state index in [-0.39, 0.29) is 28.4 Å². The second kappa shape index (κ2) is 7.69. The topological polar surface area (TPSA) is 118 Å². The molecule has 2 N–H and O–H groups in total. The van der Waals surface area contributed by atoms with Gasteiger partial charge >= 0.3 is 0 Å². The number of sulfonamides is 1. The summed E-state index contributed by atoms with van der Waals surface area (Å²) in [7, 11) is -3.67. The van der Waals surface area contributed by atoms with Crippen LogP contribution in [0.15, 0.2) is 66.1 Å². The zero-order valence-corrected chi connectivity index (χ0v) is 13.8. The highest BCUT2D eigenvalue weighted by Crippen LogP contribution is 2.18. The molecule has 0 unspecified atom stereocenters. The zero-order chi connectivity index (χ0) is 18.4. The van der Waals surface area contributed by atoms with E-state index in [0.717, 1.165) is 0 Å². The summed E-state index contributed by atoms with van der Waals surface area (Å²) < 4.78 is 26.2. The molecule has 25 heavy (non-hydrogen) atoms. The number of carbonyl (C=O) groups is 1. The monoisotopic (exact) mass is 361 g/mol. The van der Waals surface area contributed by atoms with Crippen molar-refractivity contribution < 1.29 is 18.1 Å². The molecular formula is C16H15N3O5S. The van der Waals surface area contributed by atoms with Crippen molar-refractivity contribution in [2.24, 2.45) is 0 Å². The molecule has 9 heteroatoms. The van der Waals surface area contributed by atoms with E-state index < -0.39 is 20.9 Å². The van der Waals surface area contributed by atoms with E-state index in [9.17, 15) is 23.3 Å². The summed E-state index contributed by atoms with van der Waals surface area (Å²) in [6.45, 7) is 3.52. The van der Waals surface area contributed by atoms with Crippen molar-refractivity contribution in [2.75, 3.05) is 11.9 Å². The zero-order valence-electron chi connectivity index (χ0n) is 13.0. The third-order valence-electron chi connectivity index (χ3n) is 3.16. The first-order valence-electron chi connectivity index (χ1n) is 7.10. The maximum Gasteiger partial charge on any atom is 0.271 e. The van der Waals surface area contributed by atoms with Crippen LogP contribution in [-0.2, 0) is 10.0 Å². The highest BCUT2D eigenvalue weighted by Gasteiger charge is 2.14. The number of rotatable bonds is 7. The molecular weight excluding hydrogens is 346 g/mol. The Balaban J connectivity index is 2.14. The normalized spacial score (nSPS) is 10.9. The Morgan fingerprint density at radius 3 is 2.48 bits per heavy atom. The summed E-state index contributed by atoms with van der Waals surface area (Å²) in [6.07, 6.45) is 1.42. The Bertz CT molecular complexity index is 908. The first kappa shape index (κ1) is 18.3. The van der Waals surface area contributed by atoms with Gasteiger partial charge in [0, 0.05) is 29.9 Å². The molecule has 0 heterocycles. The number of nitrogens with one attached hydrogen (secondary N) is 2. The number of hydrogen-bond acceptors (Lipinski definition) is 5. The molecule has 0 radical (unpaired) electrons. The second-order valence-electron chi connectivity index (χ2n) is 4.93. The lowest BCUT2D eigenvalue weighted by atomic mass is 10.2. The number of nitrogens with zero attached hydrogens (tertiary/aromatic N) is 1. The Morgan fingerprint density at radius 2 is 1.88 bits per heavy atom. The fraction of sp³-hybridized carbons (Fsp3) is 0.0625. The van der Waals surface area contributed by atoms with Crippen LogP contribution >= 0.6 is 0 Å². The van der Waals surface area contributed by atoms with E-state index in [1.54, 1.807) is 0 Å². The van der Waals surface area contributed by atoms with Crippen molar-refractivity contribution in [2.45, 2.75) is 4.90 Å². The summed E-state index contributed by atoms with van der Waals surface area (Å²) >= 11 is 0. The molecule has 2 aromatic rings. The third kappa shape index (κ3) is 4.72. The minimum atomic E-state index is -3.67. The predicted octanol–water partition coefficient (Wildman–Crippen LogP) is 2.31. The van der Waals surface area contributed by atoms with Crippen molar-refractivity contribution in [3.63, 3.8) is 0 Å². The fourth-order valence-electron chi connectivity index (χ4n) is 1.94. The Hall–Kier alpha value is -3.04. The molecule has 2 rings (SSSR count). The van der Waals surface area contributed by atoms with Crippen molar-refractivity contribution in [3.8, 4) is 0 Å². The molecule has 0 fully saturated rings. The molecule has 0 atom stereocenters. The van der Waals surface area contributed by atoms with E-state index in [1.807, 2.05) is 0 Å². The third-order valence-corrected chi connectivity index (χ3v) is 4.60. The number of benzene rings is 2. The van der Waals surface area contributed by atoms with Gasteiger partial charge in [-0.3, -0.25) is 14.9 Å². The van der Waals surface area contributed by atoms with Gasteiger partial charge in [0.15, 0.2) is 0 Å². The van der Waals surface area contributed by atoms with Crippen molar-refractivity contribution in [1.29, 1.82) is 0 Å². The molecule has 0 aliphatic carbocycles. The van der Waals surface area contributed by atoms with Gasteiger partial charge in [0.25, 0.3) is 11.6 Å². The van der Waals surface area contributed by atoms with Crippen molar-refractivity contribution in [3.05, 3.63) is 76.9 Å². The lowest BCUT2D eigenvalue weighted by molar-refractivity contribution is -0.384. The number of hydrogen-bond donors (Lipinski definition) is 2. The van der Waals surface area contributed by atoms with Gasteiger partial charge < -0.3 is 5.32 Å². The van der Waals surface area contributed by atoms with Gasteiger partial charge in [-0.05, 0) is 30.3 Å². The fourth-order valence-corrected chi connectivity index (χ4v) is 2.94. The molecule has 8 nitrogen and oxygen atoms in total. The molecule has 1 amide bonds. The molecule has 0 spiro atoms. The Kier molecular flexibility index (Phi) is 5.63. The molecule has 0 aliphatic rings. The maximum atomic E-state index is 12.2. The number of amides is 1. The Morgan fingerprint density at radius 1 is 1.20 bits per heavy atom. The quantitative estimate of drug-likeness (QED) is 0.446. The number of carbonyl (C=O) groups excluding carboxylic acids is 1. The van der Waals surface area contributed by atoms with Crippen LogP contribution in [0.1, 0.15) is 10.4 Å². The van der Waals surface area contributed by atoms with E-state index in [0.29, 0.717) is 0 Å². The van der Waals surface area contributed by atoms with E-state index >= 15 is 0 Å². The second-order valence-corrected chi connectivity index (χ2v) is 6.69. The minimum absolute atomic E-state index is 0.0150. The Labute approximate surface area is 144 Å². The highest BCUT2D eigenvalue weighted by atomic mass is 32.2. The minimum Gasteiger partial charge on any atom is -0.322 e. The van der Waals surface area contributed by atoms with Crippen molar-refractivity contribution >= 4 is 27.3 Å². The largest absolute Gasteiger partial charge is 0.322 e. The average molecular weight is 361 g/mol. The molecule has 0 aromatic heterocycles. The van der Waals surface area contributed by atoms with Crippen LogP contribution in [0.25, 0.3) is 0 Å². The lowest BCUT2D eigenvalue weighted by Gasteiger charge is -2.07. The number of anilines is 1. The van der Waals surface area contributed by atoms with Crippen LogP contribution < -0.4 is 10.0 Å². The van der Waals surface area contributed by atoms with Crippen LogP contribution in [0.5, 0.6) is 0 Å². The average Bonchev–Trinajstić information content (AvgIpc) is 2.60. The summed E-state index contributed by atoms with van der Waals surface area (Å²) in [5.41, 5.74) is 0.338. The molecule has 2 aromatic carbocycles. The number of nitro groups is 1. The van der Waals surface area contributed by atoms with Gasteiger partial charge in [0.05, 0.1) is 9.82 Å². The van der Waals surface area contributed by atoms with Gasteiger partial charge in [-0.1, -0.05) is 12.1 Å². The van der Waals surface area contributed by atoms with E-state index in [1.165, 1.54) is 54.6 Å². The van der Waals surface area contributed by atoms with Gasteiger partial charge in [-0.2, -0.15) is 0 Å². The SMILES string of the molecule is C=CCNS(=O)(=O)c1ccc(C(=O)Nc2cccc([N+](=O)[O-])c2)cc1. The number of non-ortho nitro benzene ring substituents is 1. The maximum absolute atomic E-state index is 12.2. The van der Waals surface area contributed by atoms with Gasteiger partial charge in [0.1, 0.15) is 0 Å². The molecule has 0 aliphatic heterocycles. The van der Waals surface area contributed by atoms with E-state index in [2.05, 4.69) is 16.6 Å². The summed E-state index contributed by atoms with van der Waals surface area (Å²) in [6, 6.07) is 10.8. The van der Waals surface area contributed by atoms with E-state index in [4.69, 9.17) is 0 Å². The van der Waals surface area contributed by atoms with Crippen LogP contribution in [-0.4, -0.2) is 25.8 Å². The summed E-state index contributed by atoms with van der Waals surface area (Å²) in [5, 5.41) is 13.3. The molecule has 0 saturated heterocycles. The molecule has 0 bridgehead atoms. The van der Waals surface area contributed by atoms with Crippen LogP contribution in [0, 0.1) is 10.1 Å². The molecule has 0 saturated carbocycles. The predicted molar refractivity (Wildman–Crippen MR) is 92.9 cm³/mol. The van der Waals surface area contributed by atoms with Gasteiger partial charge in [-0.25, -0.2) is 13.1 Å². The van der Waals surface area contributed by atoms with Crippen LogP contribution in [0.2, 0.25) is 0 Å². The number of nitro benzene ring substituents is 1. The smallest absolute Gasteiger partial charge is 0.271 e. The highest BCUT2D eigenvalue weighted by molar-refractivity contribution is 7.89. The summed E-state index contributed by atoms with van der Waals surface area (Å²) in [5.74, 6) is -0.511. The van der Waals surface area contributed by atoms with Gasteiger partial charge in [0.2, 0.25) is 10.0 Å². The first-order chi connectivity index (χ1) is 11.8. The van der Waals surface area contributed by atoms with Crippen LogP contribution in [0.3, 0.4) is 0 Å². The summed E-state index contributed by atoms with van der Waals surface area (Å²) in [4.78, 5) is 22.4.